The maximum Gasteiger partial charge on any atom is 0.263 e. The van der Waals surface area contributed by atoms with E-state index in [2.05, 4.69) is 24.1 Å². The smallest absolute Gasteiger partial charge is 0.263 e. The van der Waals surface area contributed by atoms with E-state index in [0.717, 1.165) is 17.1 Å². The predicted molar refractivity (Wildman–Crippen MR) is 64.8 cm³/mol. The largest absolute Gasteiger partial charge is 0.395 e. The van der Waals surface area contributed by atoms with Crippen molar-refractivity contribution >= 4 is 17.2 Å². The standard InChI is InChI=1S/C11H18N2O2S/c1-7(2)6-9-13-8(3)10(16-9)11(15)12-4-5-14/h7,14H,4-6H2,1-3H3,(H,12,15). The number of rotatable bonds is 5. The molecule has 4 nitrogen and oxygen atoms in total. The topological polar surface area (TPSA) is 62.2 Å². The first kappa shape index (κ1) is 13.1. The fourth-order valence-corrected chi connectivity index (χ4v) is 2.54. The third kappa shape index (κ3) is 3.57. The van der Waals surface area contributed by atoms with Gasteiger partial charge in [0.15, 0.2) is 0 Å². The van der Waals surface area contributed by atoms with E-state index in [1.807, 2.05) is 6.92 Å². The van der Waals surface area contributed by atoms with E-state index in [9.17, 15) is 4.79 Å². The maximum atomic E-state index is 11.7. The number of aliphatic hydroxyl groups excluding tert-OH is 1. The van der Waals surface area contributed by atoms with Gasteiger partial charge in [-0.25, -0.2) is 4.98 Å². The molecule has 0 atom stereocenters. The van der Waals surface area contributed by atoms with Gasteiger partial charge in [0.2, 0.25) is 0 Å². The molecule has 5 heteroatoms. The summed E-state index contributed by atoms with van der Waals surface area (Å²) < 4.78 is 0. The highest BCUT2D eigenvalue weighted by molar-refractivity contribution is 7.13. The van der Waals surface area contributed by atoms with Crippen LogP contribution in [0, 0.1) is 12.8 Å². The molecule has 0 aliphatic rings. The van der Waals surface area contributed by atoms with Crippen LogP contribution in [0.1, 0.15) is 34.2 Å². The average Bonchev–Trinajstić information content (AvgIpc) is 2.54. The van der Waals surface area contributed by atoms with E-state index in [0.29, 0.717) is 10.8 Å². The summed E-state index contributed by atoms with van der Waals surface area (Å²) in [4.78, 5) is 16.7. The number of amides is 1. The van der Waals surface area contributed by atoms with Crippen molar-refractivity contribution in [2.75, 3.05) is 13.2 Å². The number of thiazole rings is 1. The molecule has 0 aliphatic carbocycles. The van der Waals surface area contributed by atoms with Gasteiger partial charge in [-0.1, -0.05) is 13.8 Å². The van der Waals surface area contributed by atoms with Crippen molar-refractivity contribution in [2.24, 2.45) is 5.92 Å². The lowest BCUT2D eigenvalue weighted by Gasteiger charge is -2.00. The Bertz CT molecular complexity index is 361. The second kappa shape index (κ2) is 5.96. The Kier molecular flexibility index (Phi) is 4.89. The molecule has 0 aliphatic heterocycles. The molecule has 0 radical (unpaired) electrons. The van der Waals surface area contributed by atoms with Gasteiger partial charge in [0.05, 0.1) is 17.3 Å². The molecule has 16 heavy (non-hydrogen) atoms. The second-order valence-electron chi connectivity index (χ2n) is 4.10. The lowest BCUT2D eigenvalue weighted by Crippen LogP contribution is -2.26. The Balaban J connectivity index is 2.73. The van der Waals surface area contributed by atoms with Crippen molar-refractivity contribution in [2.45, 2.75) is 27.2 Å². The van der Waals surface area contributed by atoms with E-state index in [-0.39, 0.29) is 19.1 Å². The first-order valence-electron chi connectivity index (χ1n) is 5.40. The average molecular weight is 242 g/mol. The maximum absolute atomic E-state index is 11.7. The summed E-state index contributed by atoms with van der Waals surface area (Å²) in [5.41, 5.74) is 0.774. The van der Waals surface area contributed by atoms with E-state index in [1.54, 1.807) is 0 Å². The highest BCUT2D eigenvalue weighted by Gasteiger charge is 2.15. The van der Waals surface area contributed by atoms with Crippen LogP contribution in [-0.4, -0.2) is 29.1 Å². The van der Waals surface area contributed by atoms with Gasteiger partial charge in [0.1, 0.15) is 4.88 Å². The van der Waals surface area contributed by atoms with Crippen molar-refractivity contribution in [1.29, 1.82) is 0 Å². The van der Waals surface area contributed by atoms with E-state index in [4.69, 9.17) is 5.11 Å². The fraction of sp³-hybridized carbons (Fsp3) is 0.636. The Morgan fingerprint density at radius 2 is 2.25 bits per heavy atom. The first-order chi connectivity index (χ1) is 7.54. The molecule has 1 heterocycles. The van der Waals surface area contributed by atoms with E-state index in [1.165, 1.54) is 11.3 Å². The molecular weight excluding hydrogens is 224 g/mol. The van der Waals surface area contributed by atoms with Crippen LogP contribution in [-0.2, 0) is 6.42 Å². The van der Waals surface area contributed by atoms with Gasteiger partial charge in [-0.05, 0) is 12.8 Å². The third-order valence-corrected chi connectivity index (χ3v) is 3.21. The van der Waals surface area contributed by atoms with Crippen LogP contribution in [0.3, 0.4) is 0 Å². The summed E-state index contributed by atoms with van der Waals surface area (Å²) in [6.07, 6.45) is 0.902. The molecule has 1 amide bonds. The number of hydrogen-bond acceptors (Lipinski definition) is 4. The van der Waals surface area contributed by atoms with Crippen LogP contribution >= 0.6 is 11.3 Å². The number of aromatic nitrogens is 1. The summed E-state index contributed by atoms with van der Waals surface area (Å²) in [5, 5.41) is 12.3. The van der Waals surface area contributed by atoms with Gasteiger partial charge in [-0.15, -0.1) is 11.3 Å². The summed E-state index contributed by atoms with van der Waals surface area (Å²) in [6.45, 7) is 6.34. The highest BCUT2D eigenvalue weighted by atomic mass is 32.1. The molecule has 0 saturated carbocycles. The summed E-state index contributed by atoms with van der Waals surface area (Å²) in [5.74, 6) is 0.401. The SMILES string of the molecule is Cc1nc(CC(C)C)sc1C(=O)NCCO. The molecule has 0 saturated heterocycles. The van der Waals surface area contributed by atoms with E-state index >= 15 is 0 Å². The third-order valence-electron chi connectivity index (χ3n) is 2.03. The predicted octanol–water partition coefficient (Wildman–Crippen LogP) is 1.37. The minimum absolute atomic E-state index is 0.0392. The summed E-state index contributed by atoms with van der Waals surface area (Å²) in [6, 6.07) is 0. The van der Waals surface area contributed by atoms with Gasteiger partial charge in [-0.3, -0.25) is 4.79 Å². The Hall–Kier alpha value is -0.940. The van der Waals surface area contributed by atoms with Gasteiger partial charge in [0, 0.05) is 13.0 Å². The van der Waals surface area contributed by atoms with Gasteiger partial charge in [0.25, 0.3) is 5.91 Å². The number of nitrogens with one attached hydrogen (secondary N) is 1. The monoisotopic (exact) mass is 242 g/mol. The number of nitrogens with zero attached hydrogens (tertiary/aromatic N) is 1. The molecule has 0 bridgehead atoms. The molecule has 1 rings (SSSR count). The molecule has 1 aromatic heterocycles. The number of carbonyl (C=O) groups is 1. The zero-order chi connectivity index (χ0) is 12.1. The van der Waals surface area contributed by atoms with Crippen molar-refractivity contribution in [3.8, 4) is 0 Å². The number of carbonyl (C=O) groups excluding carboxylic acids is 1. The van der Waals surface area contributed by atoms with Gasteiger partial charge >= 0.3 is 0 Å². The highest BCUT2D eigenvalue weighted by Crippen LogP contribution is 2.20. The fourth-order valence-electron chi connectivity index (χ4n) is 1.35. The second-order valence-corrected chi connectivity index (χ2v) is 5.18. The quantitative estimate of drug-likeness (QED) is 0.820. The van der Waals surface area contributed by atoms with Gasteiger partial charge < -0.3 is 10.4 Å². The Morgan fingerprint density at radius 1 is 1.56 bits per heavy atom. The zero-order valence-electron chi connectivity index (χ0n) is 9.91. The van der Waals surface area contributed by atoms with Crippen molar-refractivity contribution in [3.63, 3.8) is 0 Å². The summed E-state index contributed by atoms with van der Waals surface area (Å²) in [7, 11) is 0. The number of aliphatic hydroxyl groups is 1. The molecule has 0 unspecified atom stereocenters. The van der Waals surface area contributed by atoms with Crippen LogP contribution in [0.2, 0.25) is 0 Å². The lowest BCUT2D eigenvalue weighted by molar-refractivity contribution is 0.0948. The number of aryl methyl sites for hydroxylation is 1. The molecule has 2 N–H and O–H groups in total. The summed E-state index contributed by atoms with van der Waals surface area (Å²) >= 11 is 1.44. The number of hydrogen-bond donors (Lipinski definition) is 2. The van der Waals surface area contributed by atoms with Crippen LogP contribution in [0.25, 0.3) is 0 Å². The Morgan fingerprint density at radius 3 is 2.81 bits per heavy atom. The van der Waals surface area contributed by atoms with Crippen molar-refractivity contribution in [1.82, 2.24) is 10.3 Å². The van der Waals surface area contributed by atoms with Crippen LogP contribution < -0.4 is 5.32 Å². The Labute approximate surface area is 99.7 Å². The molecular formula is C11H18N2O2S. The minimum Gasteiger partial charge on any atom is -0.395 e. The van der Waals surface area contributed by atoms with Crippen molar-refractivity contribution in [3.05, 3.63) is 15.6 Å². The minimum atomic E-state index is -0.140. The molecule has 0 aromatic carbocycles. The normalized spacial score (nSPS) is 10.8. The first-order valence-corrected chi connectivity index (χ1v) is 6.21. The molecule has 0 spiro atoms. The molecule has 0 fully saturated rings. The lowest BCUT2D eigenvalue weighted by atomic mass is 10.1. The van der Waals surface area contributed by atoms with Crippen molar-refractivity contribution < 1.29 is 9.90 Å². The van der Waals surface area contributed by atoms with Crippen LogP contribution in [0.4, 0.5) is 0 Å². The molecule has 90 valence electrons. The van der Waals surface area contributed by atoms with Crippen LogP contribution in [0.5, 0.6) is 0 Å². The van der Waals surface area contributed by atoms with Gasteiger partial charge in [-0.2, -0.15) is 0 Å². The van der Waals surface area contributed by atoms with Crippen LogP contribution in [0.15, 0.2) is 0 Å². The van der Waals surface area contributed by atoms with E-state index < -0.39 is 0 Å². The zero-order valence-corrected chi connectivity index (χ0v) is 10.7. The molecule has 1 aromatic rings.